The molecule has 0 saturated carbocycles. The first kappa shape index (κ1) is 15.4. The van der Waals surface area contributed by atoms with Gasteiger partial charge < -0.3 is 10.6 Å². The third-order valence-electron chi connectivity index (χ3n) is 4.29. The smallest absolute Gasteiger partial charge is 0.266 e. The van der Waals surface area contributed by atoms with Crippen molar-refractivity contribution in [2.45, 2.75) is 18.9 Å². The van der Waals surface area contributed by atoms with E-state index in [2.05, 4.69) is 5.10 Å². The van der Waals surface area contributed by atoms with Crippen molar-refractivity contribution in [1.29, 1.82) is 0 Å². The summed E-state index contributed by atoms with van der Waals surface area (Å²) in [5.74, 6) is -0.345. The molecule has 1 atom stereocenters. The minimum atomic E-state index is -0.350. The van der Waals surface area contributed by atoms with Crippen molar-refractivity contribution in [1.82, 2.24) is 14.7 Å². The molecule has 6 nitrogen and oxygen atoms in total. The Hall–Kier alpha value is -2.47. The van der Waals surface area contributed by atoms with E-state index in [4.69, 9.17) is 5.73 Å². The molecular weight excluding hydrogens is 292 g/mol. The lowest BCUT2D eigenvalue weighted by atomic mass is 9.96. The van der Waals surface area contributed by atoms with Gasteiger partial charge in [0.05, 0.1) is 11.6 Å². The van der Waals surface area contributed by atoms with Gasteiger partial charge in [-0.05, 0) is 5.56 Å². The molecule has 2 N–H and O–H groups in total. The van der Waals surface area contributed by atoms with Gasteiger partial charge in [-0.25, -0.2) is 4.68 Å². The van der Waals surface area contributed by atoms with Crippen LogP contribution < -0.4 is 11.3 Å². The molecule has 2 aromatic rings. The van der Waals surface area contributed by atoms with Crippen molar-refractivity contribution in [2.75, 3.05) is 13.1 Å². The van der Waals surface area contributed by atoms with Crippen LogP contribution in [0.15, 0.2) is 41.2 Å². The molecule has 1 amide bonds. The number of hydrogen-bond acceptors (Lipinski definition) is 4. The largest absolute Gasteiger partial charge is 0.337 e. The van der Waals surface area contributed by atoms with Crippen LogP contribution in [0.5, 0.6) is 0 Å². The summed E-state index contributed by atoms with van der Waals surface area (Å²) in [4.78, 5) is 26.4. The number of carbonyl (C=O) groups excluding carboxylic acids is 1. The summed E-state index contributed by atoms with van der Waals surface area (Å²) in [6.07, 6.45) is 0.654. The number of carbonyl (C=O) groups is 1. The van der Waals surface area contributed by atoms with Gasteiger partial charge in [-0.1, -0.05) is 30.3 Å². The number of rotatable bonds is 3. The Labute approximate surface area is 134 Å². The van der Waals surface area contributed by atoms with Crippen LogP contribution in [-0.2, 0) is 24.8 Å². The molecule has 1 aromatic heterocycles. The summed E-state index contributed by atoms with van der Waals surface area (Å²) in [6.45, 7) is 1.28. The van der Waals surface area contributed by atoms with Crippen LogP contribution in [0.2, 0.25) is 0 Å². The predicted octanol–water partition coefficient (Wildman–Crippen LogP) is 0.408. The van der Waals surface area contributed by atoms with Crippen LogP contribution in [0.3, 0.4) is 0 Å². The molecule has 3 rings (SSSR count). The quantitative estimate of drug-likeness (QED) is 0.890. The van der Waals surface area contributed by atoms with Crippen molar-refractivity contribution in [3.63, 3.8) is 0 Å². The summed E-state index contributed by atoms with van der Waals surface area (Å²) in [7, 11) is 1.64. The highest BCUT2D eigenvalue weighted by Gasteiger charge is 2.28. The molecule has 1 unspecified atom stereocenters. The third-order valence-corrected chi connectivity index (χ3v) is 4.29. The molecule has 2 heterocycles. The molecule has 0 spiro atoms. The zero-order valence-corrected chi connectivity index (χ0v) is 13.1. The lowest BCUT2D eigenvalue weighted by Gasteiger charge is -2.31. The van der Waals surface area contributed by atoms with Crippen LogP contribution in [0.4, 0.5) is 0 Å². The summed E-state index contributed by atoms with van der Waals surface area (Å²) in [5.41, 5.74) is 8.32. The Bertz CT molecular complexity index is 770. The van der Waals surface area contributed by atoms with Crippen molar-refractivity contribution < 1.29 is 4.79 Å². The maximum Gasteiger partial charge on any atom is 0.266 e. The molecule has 0 fully saturated rings. The zero-order chi connectivity index (χ0) is 16.4. The van der Waals surface area contributed by atoms with Crippen LogP contribution in [0, 0.1) is 0 Å². The molecular formula is C17H20N4O2. The minimum Gasteiger partial charge on any atom is -0.337 e. The Morgan fingerprint density at radius 2 is 2.09 bits per heavy atom. The molecule has 0 bridgehead atoms. The summed E-state index contributed by atoms with van der Waals surface area (Å²) in [5, 5.41) is 4.27. The van der Waals surface area contributed by atoms with E-state index >= 15 is 0 Å². The van der Waals surface area contributed by atoms with Crippen LogP contribution >= 0.6 is 0 Å². The minimum absolute atomic E-state index is 0.00465. The van der Waals surface area contributed by atoms with Crippen molar-refractivity contribution in [3.05, 3.63) is 63.6 Å². The van der Waals surface area contributed by atoms with E-state index in [0.717, 1.165) is 16.8 Å². The van der Waals surface area contributed by atoms with E-state index in [0.29, 0.717) is 19.5 Å². The normalized spacial score (nSPS) is 15.1. The van der Waals surface area contributed by atoms with Crippen molar-refractivity contribution >= 4 is 5.91 Å². The fourth-order valence-electron chi connectivity index (χ4n) is 2.97. The van der Waals surface area contributed by atoms with Gasteiger partial charge >= 0.3 is 0 Å². The second kappa shape index (κ2) is 6.34. The summed E-state index contributed by atoms with van der Waals surface area (Å²) >= 11 is 0. The van der Waals surface area contributed by atoms with Gasteiger partial charge in [-0.15, -0.1) is 0 Å². The van der Waals surface area contributed by atoms with E-state index < -0.39 is 0 Å². The number of aromatic nitrogens is 2. The average molecular weight is 312 g/mol. The standard InChI is InChI=1S/C17H20N4O2/c1-20-16(22)9-13-11-21(8-7-15(13)19-20)17(23)14(10-18)12-5-3-2-4-6-12/h2-6,9,14H,7-8,10-11,18H2,1H3. The molecule has 120 valence electrons. The van der Waals surface area contributed by atoms with E-state index in [-0.39, 0.29) is 23.9 Å². The number of fused-ring (bicyclic) bond motifs is 1. The van der Waals surface area contributed by atoms with Crippen LogP contribution in [0.1, 0.15) is 22.7 Å². The molecule has 0 aliphatic carbocycles. The third kappa shape index (κ3) is 3.03. The highest BCUT2D eigenvalue weighted by Crippen LogP contribution is 2.22. The lowest BCUT2D eigenvalue weighted by Crippen LogP contribution is -2.42. The number of nitrogens with zero attached hydrogens (tertiary/aromatic N) is 3. The molecule has 1 aromatic carbocycles. The molecule has 0 radical (unpaired) electrons. The van der Waals surface area contributed by atoms with Gasteiger partial charge in [0.15, 0.2) is 0 Å². The van der Waals surface area contributed by atoms with Gasteiger partial charge in [-0.2, -0.15) is 5.10 Å². The molecule has 1 aliphatic heterocycles. The number of aryl methyl sites for hydroxylation is 1. The first-order valence-electron chi connectivity index (χ1n) is 7.70. The van der Waals surface area contributed by atoms with Crippen LogP contribution in [-0.4, -0.2) is 33.7 Å². The Morgan fingerprint density at radius 1 is 1.35 bits per heavy atom. The first-order valence-corrected chi connectivity index (χ1v) is 7.70. The topological polar surface area (TPSA) is 81.2 Å². The molecule has 23 heavy (non-hydrogen) atoms. The average Bonchev–Trinajstić information content (AvgIpc) is 2.57. The highest BCUT2D eigenvalue weighted by molar-refractivity contribution is 5.84. The fraction of sp³-hybridized carbons (Fsp3) is 0.353. The maximum absolute atomic E-state index is 12.8. The maximum atomic E-state index is 12.8. The van der Waals surface area contributed by atoms with E-state index in [1.165, 1.54) is 4.68 Å². The molecule has 6 heteroatoms. The van der Waals surface area contributed by atoms with Gasteiger partial charge in [-0.3, -0.25) is 9.59 Å². The van der Waals surface area contributed by atoms with Gasteiger partial charge in [0.2, 0.25) is 5.91 Å². The number of hydrogen-bond donors (Lipinski definition) is 1. The Morgan fingerprint density at radius 3 is 2.78 bits per heavy atom. The van der Waals surface area contributed by atoms with E-state index in [1.54, 1.807) is 18.0 Å². The second-order valence-electron chi connectivity index (χ2n) is 5.79. The van der Waals surface area contributed by atoms with Crippen LogP contribution in [0.25, 0.3) is 0 Å². The van der Waals surface area contributed by atoms with E-state index in [9.17, 15) is 9.59 Å². The fourth-order valence-corrected chi connectivity index (χ4v) is 2.97. The lowest BCUT2D eigenvalue weighted by molar-refractivity contribution is -0.133. The van der Waals surface area contributed by atoms with E-state index in [1.807, 2.05) is 30.3 Å². The van der Waals surface area contributed by atoms with Gasteiger partial charge in [0.25, 0.3) is 5.56 Å². The monoisotopic (exact) mass is 312 g/mol. The Balaban J connectivity index is 1.83. The number of nitrogens with two attached hydrogens (primary N) is 1. The Kier molecular flexibility index (Phi) is 4.25. The van der Waals surface area contributed by atoms with Crippen molar-refractivity contribution in [2.24, 2.45) is 12.8 Å². The number of benzene rings is 1. The SMILES string of the molecule is Cn1nc2c(cc1=O)CN(C(=O)C(CN)c1ccccc1)CC2. The number of amides is 1. The first-order chi connectivity index (χ1) is 11.1. The summed E-state index contributed by atoms with van der Waals surface area (Å²) < 4.78 is 1.34. The summed E-state index contributed by atoms with van der Waals surface area (Å²) in [6, 6.07) is 11.1. The van der Waals surface area contributed by atoms with Gasteiger partial charge in [0.1, 0.15) is 0 Å². The van der Waals surface area contributed by atoms with Crippen molar-refractivity contribution in [3.8, 4) is 0 Å². The second-order valence-corrected chi connectivity index (χ2v) is 5.79. The molecule has 1 aliphatic rings. The highest BCUT2D eigenvalue weighted by atomic mass is 16.2. The zero-order valence-electron chi connectivity index (χ0n) is 13.1. The molecule has 0 saturated heterocycles. The van der Waals surface area contributed by atoms with Gasteiger partial charge in [0, 0.05) is 44.7 Å². The predicted molar refractivity (Wildman–Crippen MR) is 86.8 cm³/mol.